The van der Waals surface area contributed by atoms with Crippen LogP contribution in [-0.2, 0) is 13.0 Å². The molecule has 0 aliphatic heterocycles. The van der Waals surface area contributed by atoms with E-state index in [1.807, 2.05) is 23.5 Å². The summed E-state index contributed by atoms with van der Waals surface area (Å²) in [5.41, 5.74) is 9.86. The van der Waals surface area contributed by atoms with E-state index in [2.05, 4.69) is 144 Å². The quantitative estimate of drug-likeness (QED) is 0.176. The standard InChI is InChI=1S/C41H32N2S/c1-4-27-17-20-37-33(24-27)31-12-7-9-14-36(31)42(37)23-11-16-40-30(6-3)35-26-29(19-22-41(35)44-40)43-38-15-10-8-13-32(38)34-25-28(5-2)18-21-39(34)43/h4-5,7-22,24-26H,1-2,6,23H2,3H3/b16-11-. The summed E-state index contributed by atoms with van der Waals surface area (Å²) in [7, 11) is 0. The minimum atomic E-state index is 0.814. The summed E-state index contributed by atoms with van der Waals surface area (Å²) in [5.74, 6) is 0. The Hall–Kier alpha value is -5.12. The van der Waals surface area contributed by atoms with Crippen molar-refractivity contribution in [2.24, 2.45) is 0 Å². The molecule has 0 aliphatic rings. The second-order valence-corrected chi connectivity index (χ2v) is 12.4. The number of allylic oxidation sites excluding steroid dienone is 1. The van der Waals surface area contributed by atoms with E-state index in [4.69, 9.17) is 0 Å². The molecule has 0 aliphatic carbocycles. The largest absolute Gasteiger partial charge is 0.337 e. The lowest BCUT2D eigenvalue weighted by molar-refractivity contribution is 0.902. The van der Waals surface area contributed by atoms with Crippen molar-refractivity contribution in [2.75, 3.05) is 0 Å². The van der Waals surface area contributed by atoms with Gasteiger partial charge in [0.15, 0.2) is 0 Å². The SMILES string of the molecule is C=Cc1ccc2c(c1)c1ccccc1n2C/C=C\c1sc2ccc(-n3c4ccccc4c4cc(C=C)ccc43)cc2c1CC. The lowest BCUT2D eigenvalue weighted by atomic mass is 10.1. The number of nitrogens with zero attached hydrogens (tertiary/aromatic N) is 2. The van der Waals surface area contributed by atoms with Crippen LogP contribution in [0.15, 0.2) is 122 Å². The lowest BCUT2D eigenvalue weighted by Gasteiger charge is -2.09. The highest BCUT2D eigenvalue weighted by Crippen LogP contribution is 2.38. The number of thiophene rings is 1. The molecular weight excluding hydrogens is 553 g/mol. The van der Waals surface area contributed by atoms with Gasteiger partial charge in [0.2, 0.25) is 0 Å². The zero-order chi connectivity index (χ0) is 29.8. The number of rotatable bonds is 7. The maximum Gasteiger partial charge on any atom is 0.0541 e. The van der Waals surface area contributed by atoms with Crippen molar-refractivity contribution in [1.29, 1.82) is 0 Å². The minimum absolute atomic E-state index is 0.814. The molecule has 0 spiro atoms. The van der Waals surface area contributed by atoms with Gasteiger partial charge in [-0.05, 0) is 89.2 Å². The van der Waals surface area contributed by atoms with Gasteiger partial charge in [0.1, 0.15) is 0 Å². The number of fused-ring (bicyclic) bond motifs is 7. The molecular formula is C41H32N2S. The van der Waals surface area contributed by atoms with Crippen LogP contribution in [0.3, 0.4) is 0 Å². The summed E-state index contributed by atoms with van der Waals surface area (Å²) in [4.78, 5) is 1.34. The average Bonchev–Trinajstić information content (AvgIpc) is 3.71. The van der Waals surface area contributed by atoms with Crippen molar-refractivity contribution in [3.05, 3.63) is 144 Å². The summed E-state index contributed by atoms with van der Waals surface area (Å²) < 4.78 is 6.16. The zero-order valence-electron chi connectivity index (χ0n) is 24.8. The summed E-state index contributed by atoms with van der Waals surface area (Å²) in [6, 6.07) is 37.6. The molecule has 3 heterocycles. The van der Waals surface area contributed by atoms with Gasteiger partial charge in [-0.25, -0.2) is 0 Å². The number of aromatic nitrogens is 2. The second-order valence-electron chi connectivity index (χ2n) is 11.3. The molecule has 8 aromatic rings. The van der Waals surface area contributed by atoms with E-state index in [1.165, 1.54) is 69.8 Å². The molecule has 0 atom stereocenters. The fourth-order valence-corrected chi connectivity index (χ4v) is 8.06. The van der Waals surface area contributed by atoms with Crippen LogP contribution in [0.4, 0.5) is 0 Å². The first-order chi connectivity index (χ1) is 21.7. The molecule has 0 bridgehead atoms. The first-order valence-corrected chi connectivity index (χ1v) is 16.0. The predicted octanol–water partition coefficient (Wildman–Crippen LogP) is 11.7. The highest BCUT2D eigenvalue weighted by molar-refractivity contribution is 7.20. The van der Waals surface area contributed by atoms with Crippen LogP contribution in [0.2, 0.25) is 0 Å². The van der Waals surface area contributed by atoms with Crippen LogP contribution >= 0.6 is 11.3 Å². The van der Waals surface area contributed by atoms with E-state index in [1.54, 1.807) is 0 Å². The first kappa shape index (κ1) is 26.5. The van der Waals surface area contributed by atoms with E-state index >= 15 is 0 Å². The molecule has 212 valence electrons. The molecule has 0 saturated heterocycles. The predicted molar refractivity (Wildman–Crippen MR) is 194 cm³/mol. The molecule has 3 heteroatoms. The summed E-state index contributed by atoms with van der Waals surface area (Å²) in [5, 5.41) is 6.43. The molecule has 2 nitrogen and oxygen atoms in total. The van der Waals surface area contributed by atoms with Crippen LogP contribution < -0.4 is 0 Å². The fraction of sp³-hybridized carbons (Fsp3) is 0.0732. The molecule has 44 heavy (non-hydrogen) atoms. The van der Waals surface area contributed by atoms with Crippen LogP contribution in [0, 0.1) is 0 Å². The highest BCUT2D eigenvalue weighted by Gasteiger charge is 2.15. The minimum Gasteiger partial charge on any atom is -0.337 e. The van der Waals surface area contributed by atoms with Crippen LogP contribution in [0.5, 0.6) is 0 Å². The molecule has 8 rings (SSSR count). The average molecular weight is 585 g/mol. The van der Waals surface area contributed by atoms with Gasteiger partial charge >= 0.3 is 0 Å². The Bertz CT molecular complexity index is 2440. The van der Waals surface area contributed by atoms with Crippen LogP contribution in [0.25, 0.3) is 77.6 Å². The number of hydrogen-bond donors (Lipinski definition) is 0. The third-order valence-electron chi connectivity index (χ3n) is 8.94. The van der Waals surface area contributed by atoms with Crippen molar-refractivity contribution >= 4 is 83.3 Å². The maximum absolute atomic E-state index is 3.99. The Morgan fingerprint density at radius 1 is 0.636 bits per heavy atom. The monoisotopic (exact) mass is 584 g/mol. The molecule has 5 aromatic carbocycles. The lowest BCUT2D eigenvalue weighted by Crippen LogP contribution is -1.94. The van der Waals surface area contributed by atoms with E-state index in [9.17, 15) is 0 Å². The Kier molecular flexibility index (Phi) is 6.36. The number of para-hydroxylation sites is 2. The van der Waals surface area contributed by atoms with Gasteiger partial charge in [0, 0.05) is 54.4 Å². The van der Waals surface area contributed by atoms with Gasteiger partial charge in [0.05, 0.1) is 11.0 Å². The van der Waals surface area contributed by atoms with Crippen LogP contribution in [0.1, 0.15) is 28.5 Å². The fourth-order valence-electron chi connectivity index (χ4n) is 6.85. The van der Waals surface area contributed by atoms with Crippen molar-refractivity contribution in [2.45, 2.75) is 19.9 Å². The Morgan fingerprint density at radius 3 is 1.98 bits per heavy atom. The second kappa shape index (κ2) is 10.6. The van der Waals surface area contributed by atoms with E-state index in [-0.39, 0.29) is 0 Å². The molecule has 0 fully saturated rings. The Labute approximate surface area is 261 Å². The maximum atomic E-state index is 3.99. The Balaban J connectivity index is 1.21. The van der Waals surface area contributed by atoms with Crippen molar-refractivity contribution in [3.8, 4) is 5.69 Å². The zero-order valence-corrected chi connectivity index (χ0v) is 25.6. The van der Waals surface area contributed by atoms with E-state index in [0.29, 0.717) is 0 Å². The summed E-state index contributed by atoms with van der Waals surface area (Å²) in [6.45, 7) is 11.0. The number of hydrogen-bond acceptors (Lipinski definition) is 1. The third kappa shape index (κ3) is 4.08. The van der Waals surface area contributed by atoms with Gasteiger partial charge in [0.25, 0.3) is 0 Å². The van der Waals surface area contributed by atoms with Gasteiger partial charge < -0.3 is 9.13 Å². The molecule has 0 radical (unpaired) electrons. The molecule has 3 aromatic heterocycles. The smallest absolute Gasteiger partial charge is 0.0541 e. The number of benzene rings is 5. The third-order valence-corrected chi connectivity index (χ3v) is 10.1. The normalized spacial score (nSPS) is 12.0. The van der Waals surface area contributed by atoms with Gasteiger partial charge in [-0.3, -0.25) is 0 Å². The number of aryl methyl sites for hydroxylation is 1. The van der Waals surface area contributed by atoms with Crippen molar-refractivity contribution in [1.82, 2.24) is 9.13 Å². The topological polar surface area (TPSA) is 9.86 Å². The summed E-state index contributed by atoms with van der Waals surface area (Å²) >= 11 is 1.89. The first-order valence-electron chi connectivity index (χ1n) is 15.2. The Morgan fingerprint density at radius 2 is 1.25 bits per heavy atom. The molecule has 0 unspecified atom stereocenters. The molecule has 0 saturated carbocycles. The summed E-state index contributed by atoms with van der Waals surface area (Å²) in [6.07, 6.45) is 9.48. The van der Waals surface area contributed by atoms with Crippen molar-refractivity contribution < 1.29 is 0 Å². The van der Waals surface area contributed by atoms with E-state index in [0.717, 1.165) is 24.1 Å². The van der Waals surface area contributed by atoms with Gasteiger partial charge in [-0.15, -0.1) is 11.3 Å². The molecule has 0 amide bonds. The molecule has 0 N–H and O–H groups in total. The van der Waals surface area contributed by atoms with Crippen molar-refractivity contribution in [3.63, 3.8) is 0 Å². The van der Waals surface area contributed by atoms with E-state index < -0.39 is 0 Å². The van der Waals surface area contributed by atoms with Gasteiger partial charge in [-0.2, -0.15) is 0 Å². The van der Waals surface area contributed by atoms with Gasteiger partial charge in [-0.1, -0.05) is 86.8 Å². The van der Waals surface area contributed by atoms with Crippen LogP contribution in [-0.4, -0.2) is 9.13 Å². The highest BCUT2D eigenvalue weighted by atomic mass is 32.1.